The summed E-state index contributed by atoms with van der Waals surface area (Å²) in [5.41, 5.74) is 1.41. The normalized spacial score (nSPS) is 19.2. The number of benzene rings is 1. The van der Waals surface area contributed by atoms with Crippen molar-refractivity contribution in [1.82, 2.24) is 10.2 Å². The van der Waals surface area contributed by atoms with Crippen molar-refractivity contribution in [2.75, 3.05) is 38.2 Å². The average molecular weight is 315 g/mol. The Morgan fingerprint density at radius 1 is 1.29 bits per heavy atom. The molecule has 1 aromatic rings. The van der Waals surface area contributed by atoms with Crippen molar-refractivity contribution in [2.45, 2.75) is 6.04 Å². The molecule has 1 aromatic carbocycles. The first-order valence-electron chi connectivity index (χ1n) is 6.03. The van der Waals surface area contributed by atoms with Crippen LogP contribution in [0.4, 0.5) is 0 Å². The van der Waals surface area contributed by atoms with Crippen LogP contribution >= 0.6 is 27.7 Å². The summed E-state index contributed by atoms with van der Waals surface area (Å²) in [4.78, 5) is 2.59. The summed E-state index contributed by atoms with van der Waals surface area (Å²) in [6.07, 6.45) is 0. The number of thioether (sulfide) groups is 1. The van der Waals surface area contributed by atoms with Crippen molar-refractivity contribution < 1.29 is 0 Å². The third kappa shape index (κ3) is 3.71. The highest BCUT2D eigenvalue weighted by Gasteiger charge is 2.21. The van der Waals surface area contributed by atoms with E-state index in [2.05, 4.69) is 62.2 Å². The Kier molecular flexibility index (Phi) is 5.35. The number of nitrogens with zero attached hydrogens (tertiary/aromatic N) is 1. The topological polar surface area (TPSA) is 15.3 Å². The van der Waals surface area contributed by atoms with Gasteiger partial charge in [-0.3, -0.25) is 4.90 Å². The molecule has 94 valence electrons. The minimum atomic E-state index is 0.508. The third-order valence-corrected chi connectivity index (χ3v) is 4.61. The van der Waals surface area contributed by atoms with Crippen LogP contribution < -0.4 is 5.32 Å². The lowest BCUT2D eigenvalue weighted by Gasteiger charge is -2.34. The maximum Gasteiger partial charge on any atom is 0.0473 e. The van der Waals surface area contributed by atoms with Crippen LogP contribution in [0.3, 0.4) is 0 Å². The smallest absolute Gasteiger partial charge is 0.0473 e. The highest BCUT2D eigenvalue weighted by molar-refractivity contribution is 9.10. The summed E-state index contributed by atoms with van der Waals surface area (Å²) in [6, 6.07) is 9.24. The van der Waals surface area contributed by atoms with Gasteiger partial charge in [0.2, 0.25) is 0 Å². The van der Waals surface area contributed by atoms with Crippen molar-refractivity contribution in [3.8, 4) is 0 Å². The fourth-order valence-electron chi connectivity index (χ4n) is 2.23. The van der Waals surface area contributed by atoms with Crippen LogP contribution in [0.2, 0.25) is 0 Å². The molecule has 2 nitrogen and oxygen atoms in total. The average Bonchev–Trinajstić information content (AvgIpc) is 2.38. The lowest BCUT2D eigenvalue weighted by Crippen LogP contribution is -2.40. The summed E-state index contributed by atoms with van der Waals surface area (Å²) < 4.78 is 1.15. The molecule has 0 amide bonds. The Morgan fingerprint density at radius 2 is 1.94 bits per heavy atom. The number of hydrogen-bond donors (Lipinski definition) is 1. The number of halogens is 1. The van der Waals surface area contributed by atoms with E-state index in [0.717, 1.165) is 11.0 Å². The van der Waals surface area contributed by atoms with E-state index in [-0.39, 0.29) is 0 Å². The largest absolute Gasteiger partial charge is 0.318 e. The molecule has 1 N–H and O–H groups in total. The van der Waals surface area contributed by atoms with Gasteiger partial charge in [-0.25, -0.2) is 0 Å². The maximum absolute atomic E-state index is 3.50. The zero-order valence-electron chi connectivity index (χ0n) is 10.2. The van der Waals surface area contributed by atoms with Crippen LogP contribution in [0, 0.1) is 0 Å². The molecule has 0 saturated carbocycles. The Bertz CT molecular complexity index is 336. The van der Waals surface area contributed by atoms with Gasteiger partial charge in [0.25, 0.3) is 0 Å². The lowest BCUT2D eigenvalue weighted by molar-refractivity contribution is 0.215. The summed E-state index contributed by atoms with van der Waals surface area (Å²) in [7, 11) is 2.03. The number of nitrogens with one attached hydrogen (secondary N) is 1. The predicted molar refractivity (Wildman–Crippen MR) is 79.7 cm³/mol. The van der Waals surface area contributed by atoms with E-state index >= 15 is 0 Å². The first-order chi connectivity index (χ1) is 8.31. The molecule has 1 aliphatic rings. The molecule has 0 bridgehead atoms. The number of rotatable bonds is 4. The van der Waals surface area contributed by atoms with Crippen LogP contribution in [-0.4, -0.2) is 43.1 Å². The minimum Gasteiger partial charge on any atom is -0.318 e. The van der Waals surface area contributed by atoms with Crippen LogP contribution in [0.25, 0.3) is 0 Å². The molecule has 1 fully saturated rings. The predicted octanol–water partition coefficient (Wildman–Crippen LogP) is 2.76. The van der Waals surface area contributed by atoms with Crippen LogP contribution in [-0.2, 0) is 0 Å². The highest BCUT2D eigenvalue weighted by Crippen LogP contribution is 2.24. The molecule has 4 heteroatoms. The highest BCUT2D eigenvalue weighted by atomic mass is 79.9. The van der Waals surface area contributed by atoms with Gasteiger partial charge in [0.05, 0.1) is 0 Å². The van der Waals surface area contributed by atoms with Crippen molar-refractivity contribution in [3.63, 3.8) is 0 Å². The van der Waals surface area contributed by atoms with Gasteiger partial charge >= 0.3 is 0 Å². The first kappa shape index (κ1) is 13.4. The second kappa shape index (κ2) is 6.78. The lowest BCUT2D eigenvalue weighted by atomic mass is 10.1. The standard InChI is InChI=1S/C13H19BrN2S/c1-15-10-13(16-6-8-17-9-7-16)11-2-4-12(14)5-3-11/h2-5,13,15H,6-10H2,1H3. The Balaban J connectivity index is 2.12. The molecule has 1 aliphatic heterocycles. The van der Waals surface area contributed by atoms with E-state index in [1.807, 2.05) is 7.05 Å². The van der Waals surface area contributed by atoms with Gasteiger partial charge in [0.15, 0.2) is 0 Å². The molecule has 0 aromatic heterocycles. The number of hydrogen-bond acceptors (Lipinski definition) is 3. The number of likely N-dealkylation sites (N-methyl/N-ethyl adjacent to an activating group) is 1. The SMILES string of the molecule is CNCC(c1ccc(Br)cc1)N1CCSCC1. The molecular weight excluding hydrogens is 296 g/mol. The summed E-state index contributed by atoms with van der Waals surface area (Å²) in [6.45, 7) is 3.42. The first-order valence-corrected chi connectivity index (χ1v) is 7.98. The van der Waals surface area contributed by atoms with Crippen molar-refractivity contribution >= 4 is 27.7 Å². The molecule has 1 heterocycles. The Hall–Kier alpha value is -0.0300. The van der Waals surface area contributed by atoms with Crippen LogP contribution in [0.1, 0.15) is 11.6 Å². The molecule has 1 atom stereocenters. The van der Waals surface area contributed by atoms with Crippen molar-refractivity contribution in [3.05, 3.63) is 34.3 Å². The maximum atomic E-state index is 3.50. The summed E-state index contributed by atoms with van der Waals surface area (Å²) >= 11 is 5.56. The third-order valence-electron chi connectivity index (χ3n) is 3.14. The summed E-state index contributed by atoms with van der Waals surface area (Å²) in [5.74, 6) is 2.52. The zero-order chi connectivity index (χ0) is 12.1. The fourth-order valence-corrected chi connectivity index (χ4v) is 3.42. The molecule has 0 radical (unpaired) electrons. The second-order valence-corrected chi connectivity index (χ2v) is 6.41. The van der Waals surface area contributed by atoms with Crippen LogP contribution in [0.15, 0.2) is 28.7 Å². The van der Waals surface area contributed by atoms with Gasteiger partial charge < -0.3 is 5.32 Å². The summed E-state index contributed by atoms with van der Waals surface area (Å²) in [5, 5.41) is 3.32. The Labute approximate surface area is 116 Å². The molecule has 1 saturated heterocycles. The van der Waals surface area contributed by atoms with Gasteiger partial charge in [-0.2, -0.15) is 11.8 Å². The van der Waals surface area contributed by atoms with E-state index in [4.69, 9.17) is 0 Å². The molecule has 0 aliphatic carbocycles. The van der Waals surface area contributed by atoms with Gasteiger partial charge in [-0.1, -0.05) is 28.1 Å². The molecule has 0 spiro atoms. The quantitative estimate of drug-likeness (QED) is 0.920. The molecule has 2 rings (SSSR count). The molecular formula is C13H19BrN2S. The van der Waals surface area contributed by atoms with Gasteiger partial charge in [-0.05, 0) is 24.7 Å². The Morgan fingerprint density at radius 3 is 2.53 bits per heavy atom. The monoisotopic (exact) mass is 314 g/mol. The van der Waals surface area contributed by atoms with Crippen LogP contribution in [0.5, 0.6) is 0 Å². The zero-order valence-corrected chi connectivity index (χ0v) is 12.6. The fraction of sp³-hybridized carbons (Fsp3) is 0.538. The second-order valence-electron chi connectivity index (χ2n) is 4.27. The van der Waals surface area contributed by atoms with E-state index in [1.165, 1.54) is 30.2 Å². The van der Waals surface area contributed by atoms with E-state index < -0.39 is 0 Å². The molecule has 17 heavy (non-hydrogen) atoms. The van der Waals surface area contributed by atoms with Gasteiger partial charge in [0, 0.05) is 41.7 Å². The molecule has 1 unspecified atom stereocenters. The van der Waals surface area contributed by atoms with E-state index in [0.29, 0.717) is 6.04 Å². The van der Waals surface area contributed by atoms with Gasteiger partial charge in [0.1, 0.15) is 0 Å². The van der Waals surface area contributed by atoms with E-state index in [9.17, 15) is 0 Å². The van der Waals surface area contributed by atoms with Crippen molar-refractivity contribution in [2.24, 2.45) is 0 Å². The van der Waals surface area contributed by atoms with Crippen molar-refractivity contribution in [1.29, 1.82) is 0 Å². The minimum absolute atomic E-state index is 0.508. The van der Waals surface area contributed by atoms with E-state index in [1.54, 1.807) is 0 Å². The van der Waals surface area contributed by atoms with Gasteiger partial charge in [-0.15, -0.1) is 0 Å².